The molecule has 3 aromatic rings. The molecule has 8 nitrogen and oxygen atoms in total. The number of nitrogens with one attached hydrogen (secondary N) is 1. The van der Waals surface area contributed by atoms with E-state index in [4.69, 9.17) is 25.7 Å². The molecule has 0 radical (unpaired) electrons. The number of nitrogens with zero attached hydrogens (tertiary/aromatic N) is 2. The molecule has 8 heteroatoms. The van der Waals surface area contributed by atoms with Crippen molar-refractivity contribution in [1.29, 1.82) is 0 Å². The third kappa shape index (κ3) is 3.21. The maximum atomic E-state index is 6.08. The first-order valence-electron chi connectivity index (χ1n) is 8.29. The van der Waals surface area contributed by atoms with E-state index in [0.717, 1.165) is 27.9 Å². The molecule has 0 saturated carbocycles. The van der Waals surface area contributed by atoms with Crippen LogP contribution in [0.3, 0.4) is 0 Å². The molecule has 0 amide bonds. The Hall–Kier alpha value is -3.42. The smallest absolute Gasteiger partial charge is 0.222 e. The number of ether oxygens (including phenoxy) is 3. The Morgan fingerprint density at radius 3 is 2.07 bits per heavy atom. The highest BCUT2D eigenvalue weighted by Gasteiger charge is 2.16. The molecule has 0 bridgehead atoms. The predicted molar refractivity (Wildman–Crippen MR) is 107 cm³/mol. The summed E-state index contributed by atoms with van der Waals surface area (Å²) in [5, 5.41) is 4.19. The van der Waals surface area contributed by atoms with Gasteiger partial charge in [-0.15, -0.1) is 0 Å². The summed E-state index contributed by atoms with van der Waals surface area (Å²) in [7, 11) is 4.73. The van der Waals surface area contributed by atoms with E-state index in [0.29, 0.717) is 28.6 Å². The molecule has 142 valence electrons. The van der Waals surface area contributed by atoms with Crippen molar-refractivity contribution < 1.29 is 14.2 Å². The summed E-state index contributed by atoms with van der Waals surface area (Å²) in [4.78, 5) is 8.36. The first-order valence-corrected chi connectivity index (χ1v) is 8.29. The van der Waals surface area contributed by atoms with E-state index >= 15 is 0 Å². The zero-order chi connectivity index (χ0) is 19.7. The summed E-state index contributed by atoms with van der Waals surface area (Å²) in [6.07, 6.45) is 0. The molecule has 0 aliphatic heterocycles. The van der Waals surface area contributed by atoms with Crippen molar-refractivity contribution in [2.45, 2.75) is 13.8 Å². The molecule has 0 spiro atoms. The van der Waals surface area contributed by atoms with Gasteiger partial charge < -0.3 is 31.0 Å². The van der Waals surface area contributed by atoms with Crippen LogP contribution in [-0.4, -0.2) is 31.3 Å². The van der Waals surface area contributed by atoms with Crippen molar-refractivity contribution in [2.24, 2.45) is 0 Å². The number of aromatic nitrogens is 2. The topological polar surface area (TPSA) is 118 Å². The van der Waals surface area contributed by atoms with Gasteiger partial charge >= 0.3 is 0 Å². The van der Waals surface area contributed by atoms with Crippen molar-refractivity contribution in [3.05, 3.63) is 29.3 Å². The summed E-state index contributed by atoms with van der Waals surface area (Å²) in [5.74, 6) is 2.16. The summed E-state index contributed by atoms with van der Waals surface area (Å²) in [6.45, 7) is 3.95. The molecule has 1 heterocycles. The molecule has 0 saturated heterocycles. The minimum absolute atomic E-state index is 0.157. The highest BCUT2D eigenvalue weighted by Crippen LogP contribution is 2.42. The lowest BCUT2D eigenvalue weighted by atomic mass is 10.0. The molecule has 0 aliphatic rings. The Morgan fingerprint density at radius 2 is 1.52 bits per heavy atom. The number of fused-ring (bicyclic) bond motifs is 1. The second-order valence-corrected chi connectivity index (χ2v) is 6.09. The van der Waals surface area contributed by atoms with Crippen LogP contribution >= 0.6 is 0 Å². The number of methoxy groups -OCH3 is 3. The van der Waals surface area contributed by atoms with Crippen molar-refractivity contribution in [3.8, 4) is 17.2 Å². The lowest BCUT2D eigenvalue weighted by Gasteiger charge is -2.18. The van der Waals surface area contributed by atoms with E-state index in [-0.39, 0.29) is 5.95 Å². The molecule has 3 rings (SSSR count). The molecular formula is C19H23N5O3. The van der Waals surface area contributed by atoms with E-state index in [2.05, 4.69) is 15.3 Å². The van der Waals surface area contributed by atoms with Gasteiger partial charge in [-0.3, -0.25) is 0 Å². The maximum Gasteiger partial charge on any atom is 0.222 e. The first-order chi connectivity index (χ1) is 12.9. The third-order valence-corrected chi connectivity index (χ3v) is 4.41. The monoisotopic (exact) mass is 369 g/mol. The van der Waals surface area contributed by atoms with Gasteiger partial charge in [-0.1, -0.05) is 0 Å². The minimum atomic E-state index is 0.157. The van der Waals surface area contributed by atoms with Crippen molar-refractivity contribution in [1.82, 2.24) is 9.97 Å². The summed E-state index contributed by atoms with van der Waals surface area (Å²) >= 11 is 0. The van der Waals surface area contributed by atoms with E-state index in [9.17, 15) is 0 Å². The maximum absolute atomic E-state index is 6.08. The average Bonchev–Trinajstić information content (AvgIpc) is 2.63. The molecule has 5 N–H and O–H groups in total. The second kappa shape index (κ2) is 7.06. The number of hydrogen-bond donors (Lipinski definition) is 3. The molecule has 0 fully saturated rings. The predicted octanol–water partition coefficient (Wildman–Crippen LogP) is 3.18. The quantitative estimate of drug-likeness (QED) is 0.628. The summed E-state index contributed by atoms with van der Waals surface area (Å²) in [5.41, 5.74) is 16.1. The van der Waals surface area contributed by atoms with E-state index in [1.54, 1.807) is 21.3 Å². The van der Waals surface area contributed by atoms with Crippen LogP contribution in [0.4, 0.5) is 23.1 Å². The fraction of sp³-hybridized carbons (Fsp3) is 0.263. The van der Waals surface area contributed by atoms with Gasteiger partial charge in [0.2, 0.25) is 11.7 Å². The Labute approximate surface area is 157 Å². The number of benzene rings is 2. The Morgan fingerprint density at radius 1 is 0.889 bits per heavy atom. The normalized spacial score (nSPS) is 10.7. The number of aryl methyl sites for hydroxylation is 2. The van der Waals surface area contributed by atoms with Gasteiger partial charge in [0, 0.05) is 28.9 Å². The highest BCUT2D eigenvalue weighted by atomic mass is 16.5. The van der Waals surface area contributed by atoms with Crippen molar-refractivity contribution in [3.63, 3.8) is 0 Å². The van der Waals surface area contributed by atoms with Crippen molar-refractivity contribution >= 4 is 34.0 Å². The van der Waals surface area contributed by atoms with Crippen molar-refractivity contribution in [2.75, 3.05) is 38.1 Å². The van der Waals surface area contributed by atoms with Crippen LogP contribution in [0.15, 0.2) is 18.2 Å². The SMILES string of the molecule is COc1cc(Nc2c(C)cc3nc(N)nc(N)c3c2C)cc(OC)c1OC. The van der Waals surface area contributed by atoms with Gasteiger partial charge in [0.1, 0.15) is 5.82 Å². The Bertz CT molecular complexity index is 995. The Kier molecular flexibility index (Phi) is 4.81. The van der Waals surface area contributed by atoms with Gasteiger partial charge in [-0.05, 0) is 31.0 Å². The number of nitrogens with two attached hydrogens (primary N) is 2. The van der Waals surface area contributed by atoms with Crippen LogP contribution in [0.25, 0.3) is 10.9 Å². The zero-order valence-corrected chi connectivity index (χ0v) is 16.0. The van der Waals surface area contributed by atoms with Crippen LogP contribution in [0.1, 0.15) is 11.1 Å². The van der Waals surface area contributed by atoms with E-state index in [1.165, 1.54) is 0 Å². The molecule has 1 aromatic heterocycles. The molecule has 0 atom stereocenters. The lowest BCUT2D eigenvalue weighted by Crippen LogP contribution is -2.05. The highest BCUT2D eigenvalue weighted by molar-refractivity contribution is 5.97. The molecule has 2 aromatic carbocycles. The average molecular weight is 369 g/mol. The van der Waals surface area contributed by atoms with Gasteiger partial charge in [-0.25, -0.2) is 4.98 Å². The molecule has 0 unspecified atom stereocenters. The molecular weight excluding hydrogens is 346 g/mol. The minimum Gasteiger partial charge on any atom is -0.493 e. The lowest BCUT2D eigenvalue weighted by molar-refractivity contribution is 0.324. The molecule has 0 aliphatic carbocycles. The Balaban J connectivity index is 2.15. The van der Waals surface area contributed by atoms with Gasteiger partial charge in [-0.2, -0.15) is 4.98 Å². The second-order valence-electron chi connectivity index (χ2n) is 6.09. The van der Waals surface area contributed by atoms with Crippen LogP contribution in [0.5, 0.6) is 17.2 Å². The standard InChI is InChI=1S/C19H23N5O3/c1-9-6-12-15(18(20)24-19(21)23-12)10(2)16(9)22-11-7-13(25-3)17(27-5)14(8-11)26-4/h6-8,22H,1-5H3,(H4,20,21,23,24). The number of anilines is 4. The fourth-order valence-electron chi connectivity index (χ4n) is 3.19. The summed E-state index contributed by atoms with van der Waals surface area (Å²) < 4.78 is 16.2. The van der Waals surface area contributed by atoms with Gasteiger partial charge in [0.05, 0.1) is 26.8 Å². The van der Waals surface area contributed by atoms with Crippen LogP contribution in [-0.2, 0) is 0 Å². The van der Waals surface area contributed by atoms with Crippen LogP contribution < -0.4 is 31.0 Å². The fourth-order valence-corrected chi connectivity index (χ4v) is 3.19. The first kappa shape index (κ1) is 18.4. The third-order valence-electron chi connectivity index (χ3n) is 4.41. The largest absolute Gasteiger partial charge is 0.493 e. The number of rotatable bonds is 5. The van der Waals surface area contributed by atoms with Crippen LogP contribution in [0, 0.1) is 13.8 Å². The van der Waals surface area contributed by atoms with E-state index in [1.807, 2.05) is 32.0 Å². The van der Waals surface area contributed by atoms with Gasteiger partial charge in [0.15, 0.2) is 11.5 Å². The number of nitrogen functional groups attached to an aromatic ring is 2. The zero-order valence-electron chi connectivity index (χ0n) is 16.0. The van der Waals surface area contributed by atoms with Gasteiger partial charge in [0.25, 0.3) is 0 Å². The van der Waals surface area contributed by atoms with Crippen LogP contribution in [0.2, 0.25) is 0 Å². The number of hydrogen-bond acceptors (Lipinski definition) is 8. The van der Waals surface area contributed by atoms with E-state index < -0.39 is 0 Å². The summed E-state index contributed by atoms with van der Waals surface area (Å²) in [6, 6.07) is 5.61. The molecule has 27 heavy (non-hydrogen) atoms.